The molecule has 14 heavy (non-hydrogen) atoms. The molecule has 0 spiro atoms. The zero-order valence-corrected chi connectivity index (χ0v) is 8.56. The molecule has 0 N–H and O–H groups in total. The summed E-state index contributed by atoms with van der Waals surface area (Å²) in [5.74, 6) is -0.743. The third-order valence-corrected chi connectivity index (χ3v) is 1.56. The molecule has 0 aliphatic rings. The Morgan fingerprint density at radius 1 is 1.36 bits per heavy atom. The van der Waals surface area contributed by atoms with E-state index < -0.39 is 5.82 Å². The predicted molar refractivity (Wildman–Crippen MR) is 50.2 cm³/mol. The predicted octanol–water partition coefficient (Wildman–Crippen LogP) is 2.93. The molecule has 0 aliphatic carbocycles. The van der Waals surface area contributed by atoms with Crippen LogP contribution >= 0.6 is 23.2 Å². The summed E-state index contributed by atoms with van der Waals surface area (Å²) < 4.78 is 12.5. The first-order chi connectivity index (χ1) is 6.56. The van der Waals surface area contributed by atoms with Crippen LogP contribution < -0.4 is 0 Å². The summed E-state index contributed by atoms with van der Waals surface area (Å²) in [7, 11) is 0. The average Bonchev–Trinajstić information content (AvgIpc) is 2.12. The van der Waals surface area contributed by atoms with E-state index in [1.807, 2.05) is 0 Å². The van der Waals surface area contributed by atoms with Crippen LogP contribution in [0.25, 0.3) is 0 Å². The molecule has 1 rings (SSSR count). The third-order valence-electron chi connectivity index (χ3n) is 1.01. The minimum atomic E-state index is -0.743. The summed E-state index contributed by atoms with van der Waals surface area (Å²) in [6.07, 6.45) is 0. The molecule has 0 saturated heterocycles. The van der Waals surface area contributed by atoms with Crippen molar-refractivity contribution < 1.29 is 4.39 Å². The van der Waals surface area contributed by atoms with Gasteiger partial charge in [-0.2, -0.15) is 10.5 Å². The molecule has 0 unspecified atom stereocenters. The molecule has 1 aromatic rings. The fraction of sp³-hybridized carbons (Fsp3) is 0.125. The van der Waals surface area contributed by atoms with E-state index in [1.165, 1.54) is 6.92 Å². The van der Waals surface area contributed by atoms with E-state index in [2.05, 4.69) is 4.98 Å². The molecule has 0 saturated carbocycles. The largest absolute Gasteiger partial charge is 0.220 e. The normalized spacial score (nSPS) is 7.86. The van der Waals surface area contributed by atoms with E-state index in [4.69, 9.17) is 33.7 Å². The fourth-order valence-electron chi connectivity index (χ4n) is 0.524. The molecule has 1 heterocycles. The lowest BCUT2D eigenvalue weighted by atomic mass is 10.3. The van der Waals surface area contributed by atoms with Gasteiger partial charge in [0, 0.05) is 6.92 Å². The number of halogens is 3. The van der Waals surface area contributed by atoms with Gasteiger partial charge >= 0.3 is 0 Å². The Morgan fingerprint density at radius 2 is 1.86 bits per heavy atom. The maximum atomic E-state index is 12.5. The van der Waals surface area contributed by atoms with E-state index in [1.54, 1.807) is 12.1 Å². The van der Waals surface area contributed by atoms with Gasteiger partial charge < -0.3 is 0 Å². The monoisotopic (exact) mass is 231 g/mol. The highest BCUT2D eigenvalue weighted by molar-refractivity contribution is 6.33. The molecular weight excluding hydrogens is 228 g/mol. The second-order valence-corrected chi connectivity index (χ2v) is 2.65. The van der Waals surface area contributed by atoms with Gasteiger partial charge in [0.1, 0.15) is 11.2 Å². The van der Waals surface area contributed by atoms with Crippen LogP contribution in [0.15, 0.2) is 6.07 Å². The van der Waals surface area contributed by atoms with Gasteiger partial charge in [-0.25, -0.2) is 9.37 Å². The van der Waals surface area contributed by atoms with Crippen molar-refractivity contribution in [3.8, 4) is 12.1 Å². The van der Waals surface area contributed by atoms with Crippen LogP contribution in [0, 0.1) is 28.5 Å². The number of pyridine rings is 1. The number of nitriles is 2. The molecule has 0 amide bonds. The molecule has 0 radical (unpaired) electrons. The van der Waals surface area contributed by atoms with Crippen molar-refractivity contribution in [2.45, 2.75) is 6.92 Å². The lowest BCUT2D eigenvalue weighted by molar-refractivity contribution is 0.621. The van der Waals surface area contributed by atoms with Crippen molar-refractivity contribution in [1.29, 1.82) is 10.5 Å². The van der Waals surface area contributed by atoms with E-state index in [0.717, 1.165) is 6.07 Å². The minimum absolute atomic E-state index is 0.0198. The quantitative estimate of drug-likeness (QED) is 0.646. The van der Waals surface area contributed by atoms with Crippen molar-refractivity contribution in [3.05, 3.63) is 27.8 Å². The van der Waals surface area contributed by atoms with E-state index in [0.29, 0.717) is 0 Å². The van der Waals surface area contributed by atoms with Gasteiger partial charge in [0.2, 0.25) is 0 Å². The van der Waals surface area contributed by atoms with Crippen molar-refractivity contribution >= 4 is 23.2 Å². The van der Waals surface area contributed by atoms with E-state index >= 15 is 0 Å². The Hall–Kier alpha value is -1.36. The van der Waals surface area contributed by atoms with Crippen molar-refractivity contribution in [3.63, 3.8) is 0 Å². The zero-order chi connectivity index (χ0) is 11.1. The number of hydrogen-bond acceptors (Lipinski definition) is 3. The Kier molecular flexibility index (Phi) is 5.55. The molecule has 0 atom stereocenters. The summed E-state index contributed by atoms with van der Waals surface area (Å²) in [6, 6.07) is 4.36. The maximum absolute atomic E-state index is 12.5. The lowest BCUT2D eigenvalue weighted by Gasteiger charge is -1.95. The van der Waals surface area contributed by atoms with Gasteiger partial charge in [0.15, 0.2) is 11.0 Å². The van der Waals surface area contributed by atoms with Crippen LogP contribution in [0.3, 0.4) is 0 Å². The summed E-state index contributed by atoms with van der Waals surface area (Å²) in [5.41, 5.74) is -0.0198. The summed E-state index contributed by atoms with van der Waals surface area (Å²) >= 11 is 10.7. The van der Waals surface area contributed by atoms with Gasteiger partial charge in [-0.1, -0.05) is 23.2 Å². The van der Waals surface area contributed by atoms with E-state index in [9.17, 15) is 4.39 Å². The maximum Gasteiger partial charge on any atom is 0.166 e. The second-order valence-electron chi connectivity index (χ2n) is 1.93. The molecule has 0 bridgehead atoms. The molecular formula is C8H4Cl2FN3. The van der Waals surface area contributed by atoms with Gasteiger partial charge in [0.25, 0.3) is 0 Å². The topological polar surface area (TPSA) is 60.5 Å². The Labute approximate surface area is 90.3 Å². The van der Waals surface area contributed by atoms with Crippen LogP contribution in [0.5, 0.6) is 0 Å². The highest BCUT2D eigenvalue weighted by atomic mass is 35.5. The van der Waals surface area contributed by atoms with Gasteiger partial charge in [-0.3, -0.25) is 0 Å². The fourth-order valence-corrected chi connectivity index (χ4v) is 0.888. The van der Waals surface area contributed by atoms with E-state index in [-0.39, 0.29) is 15.9 Å². The lowest BCUT2D eigenvalue weighted by Crippen LogP contribution is -1.87. The SMILES string of the molecule is CC#N.N#Cc1cc(F)c(Cl)nc1Cl. The van der Waals surface area contributed by atoms with Crippen LogP contribution in [-0.2, 0) is 0 Å². The van der Waals surface area contributed by atoms with Gasteiger partial charge in [-0.15, -0.1) is 0 Å². The highest BCUT2D eigenvalue weighted by Gasteiger charge is 2.07. The first kappa shape index (κ1) is 12.6. The zero-order valence-electron chi connectivity index (χ0n) is 7.05. The number of rotatable bonds is 0. The Morgan fingerprint density at radius 3 is 2.29 bits per heavy atom. The number of hydrogen-bond donors (Lipinski definition) is 0. The smallest absolute Gasteiger partial charge is 0.166 e. The number of aromatic nitrogens is 1. The summed E-state index contributed by atoms with van der Waals surface area (Å²) in [4.78, 5) is 3.38. The molecule has 0 aliphatic heterocycles. The minimum Gasteiger partial charge on any atom is -0.220 e. The van der Waals surface area contributed by atoms with Crippen molar-refractivity contribution in [1.82, 2.24) is 4.98 Å². The molecule has 6 heteroatoms. The van der Waals surface area contributed by atoms with Crippen molar-refractivity contribution in [2.24, 2.45) is 0 Å². The number of nitrogens with zero attached hydrogens (tertiary/aromatic N) is 3. The van der Waals surface area contributed by atoms with Crippen LogP contribution in [0.4, 0.5) is 4.39 Å². The average molecular weight is 232 g/mol. The first-order valence-electron chi connectivity index (χ1n) is 3.29. The van der Waals surface area contributed by atoms with Gasteiger partial charge in [0.05, 0.1) is 11.6 Å². The molecule has 1 aromatic heterocycles. The standard InChI is InChI=1S/C6HCl2FN2.C2H3N/c7-5-3(2-10)1-4(9)6(8)11-5;1-2-3/h1H;1H3. The summed E-state index contributed by atoms with van der Waals surface area (Å²) in [5, 5.41) is 15.3. The second kappa shape index (κ2) is 6.15. The molecule has 3 nitrogen and oxygen atoms in total. The van der Waals surface area contributed by atoms with Crippen molar-refractivity contribution in [2.75, 3.05) is 0 Å². The van der Waals surface area contributed by atoms with Crippen LogP contribution in [0.1, 0.15) is 12.5 Å². The Balaban J connectivity index is 0.000000500. The first-order valence-corrected chi connectivity index (χ1v) is 4.04. The third kappa shape index (κ3) is 3.57. The summed E-state index contributed by atoms with van der Waals surface area (Å²) in [6.45, 7) is 1.43. The Bertz CT molecular complexity index is 406. The van der Waals surface area contributed by atoms with Crippen LogP contribution in [0.2, 0.25) is 10.3 Å². The molecule has 72 valence electrons. The molecule has 0 aromatic carbocycles. The van der Waals surface area contributed by atoms with Gasteiger partial charge in [-0.05, 0) is 6.07 Å². The highest BCUT2D eigenvalue weighted by Crippen LogP contribution is 2.18. The molecule has 0 fully saturated rings. The van der Waals surface area contributed by atoms with Crippen LogP contribution in [-0.4, -0.2) is 4.98 Å².